The van der Waals surface area contributed by atoms with E-state index in [0.717, 1.165) is 24.1 Å². The second-order valence-electron chi connectivity index (χ2n) is 4.88. The Kier molecular flexibility index (Phi) is 5.85. The number of carbonyl (C=O) groups excluding carboxylic acids is 1. The molecule has 0 radical (unpaired) electrons. The highest BCUT2D eigenvalue weighted by molar-refractivity contribution is 5.75. The first kappa shape index (κ1) is 14.7. The number of nitrogens with two attached hydrogens (primary N) is 1. The fraction of sp³-hybridized carbons (Fsp3) is 0.692. The predicted octanol–water partition coefficient (Wildman–Crippen LogP) is 1.11. The van der Waals surface area contributed by atoms with Gasteiger partial charge in [-0.15, -0.1) is 0 Å². The Balaban J connectivity index is 2.27. The first-order chi connectivity index (χ1) is 8.54. The second-order valence-corrected chi connectivity index (χ2v) is 4.88. The van der Waals surface area contributed by atoms with E-state index in [0.29, 0.717) is 25.4 Å². The summed E-state index contributed by atoms with van der Waals surface area (Å²) in [6, 6.07) is 0. The molecule has 1 rings (SSSR count). The quantitative estimate of drug-likeness (QED) is 0.763. The number of aromatic nitrogens is 2. The van der Waals surface area contributed by atoms with E-state index in [9.17, 15) is 4.79 Å². The minimum atomic E-state index is 0.0992. The summed E-state index contributed by atoms with van der Waals surface area (Å²) in [5, 5.41) is 7.07. The first-order valence-corrected chi connectivity index (χ1v) is 6.48. The van der Waals surface area contributed by atoms with Crippen LogP contribution in [0.2, 0.25) is 0 Å². The molecule has 0 spiro atoms. The van der Waals surface area contributed by atoms with E-state index >= 15 is 0 Å². The van der Waals surface area contributed by atoms with E-state index in [1.54, 1.807) is 6.20 Å². The van der Waals surface area contributed by atoms with Crippen LogP contribution in [0.3, 0.4) is 0 Å². The van der Waals surface area contributed by atoms with E-state index in [-0.39, 0.29) is 5.91 Å². The van der Waals surface area contributed by atoms with Gasteiger partial charge in [-0.25, -0.2) is 0 Å². The summed E-state index contributed by atoms with van der Waals surface area (Å²) in [4.78, 5) is 11.7. The van der Waals surface area contributed by atoms with Crippen molar-refractivity contribution in [3.05, 3.63) is 17.5 Å². The van der Waals surface area contributed by atoms with E-state index in [2.05, 4.69) is 17.3 Å². The molecule has 1 aromatic heterocycles. The van der Waals surface area contributed by atoms with Crippen LogP contribution in [-0.2, 0) is 18.4 Å². The van der Waals surface area contributed by atoms with Gasteiger partial charge in [0.25, 0.3) is 0 Å². The third kappa shape index (κ3) is 4.49. The summed E-state index contributed by atoms with van der Waals surface area (Å²) in [5.41, 5.74) is 7.64. The molecule has 0 bridgehead atoms. The Hall–Kier alpha value is -1.36. The average Bonchev–Trinajstić information content (AvgIpc) is 2.65. The molecule has 18 heavy (non-hydrogen) atoms. The molecule has 5 nitrogen and oxygen atoms in total. The number of hydrogen-bond acceptors (Lipinski definition) is 3. The highest BCUT2D eigenvalue weighted by atomic mass is 16.1. The van der Waals surface area contributed by atoms with Gasteiger partial charge >= 0.3 is 0 Å². The molecule has 0 fully saturated rings. The molecule has 5 heteroatoms. The van der Waals surface area contributed by atoms with Crippen LogP contribution in [-0.4, -0.2) is 22.2 Å². The molecule has 1 amide bonds. The summed E-state index contributed by atoms with van der Waals surface area (Å²) in [5.74, 6) is 0.614. The minimum absolute atomic E-state index is 0.0992. The molecule has 0 aliphatic heterocycles. The third-order valence-electron chi connectivity index (χ3n) is 3.34. The predicted molar refractivity (Wildman–Crippen MR) is 71.9 cm³/mol. The standard InChI is InChI=1S/C13H24N4O/c1-10(6-7-14)4-5-13(18)15-8-12-9-16-17(3)11(12)2/h9-10H,4-8,14H2,1-3H3,(H,15,18). The maximum Gasteiger partial charge on any atom is 0.220 e. The van der Waals surface area contributed by atoms with Crippen LogP contribution in [0.25, 0.3) is 0 Å². The zero-order valence-electron chi connectivity index (χ0n) is 11.6. The molecule has 1 heterocycles. The van der Waals surface area contributed by atoms with Crippen molar-refractivity contribution in [1.82, 2.24) is 15.1 Å². The lowest BCUT2D eigenvalue weighted by molar-refractivity contribution is -0.121. The molecule has 3 N–H and O–H groups in total. The van der Waals surface area contributed by atoms with Gasteiger partial charge < -0.3 is 11.1 Å². The van der Waals surface area contributed by atoms with Gasteiger partial charge in [0.2, 0.25) is 5.91 Å². The number of carbonyl (C=O) groups is 1. The third-order valence-corrected chi connectivity index (χ3v) is 3.34. The number of nitrogens with zero attached hydrogens (tertiary/aromatic N) is 2. The number of nitrogens with one attached hydrogen (secondary N) is 1. The van der Waals surface area contributed by atoms with Crippen molar-refractivity contribution in [3.63, 3.8) is 0 Å². The lowest BCUT2D eigenvalue weighted by Gasteiger charge is -2.09. The minimum Gasteiger partial charge on any atom is -0.352 e. The van der Waals surface area contributed by atoms with Gasteiger partial charge in [-0.1, -0.05) is 6.92 Å². The van der Waals surface area contributed by atoms with Crippen LogP contribution in [0.4, 0.5) is 0 Å². The summed E-state index contributed by atoms with van der Waals surface area (Å²) < 4.78 is 1.81. The Bertz CT molecular complexity index is 386. The Morgan fingerprint density at radius 3 is 2.83 bits per heavy atom. The molecule has 0 saturated carbocycles. The van der Waals surface area contributed by atoms with Gasteiger partial charge in [-0.3, -0.25) is 9.48 Å². The number of rotatable bonds is 7. The summed E-state index contributed by atoms with van der Waals surface area (Å²) in [7, 11) is 1.90. The topological polar surface area (TPSA) is 72.9 Å². The van der Waals surface area contributed by atoms with Gasteiger partial charge in [0, 0.05) is 31.3 Å². The molecule has 0 aliphatic carbocycles. The van der Waals surface area contributed by atoms with E-state index < -0.39 is 0 Å². The maximum absolute atomic E-state index is 11.7. The average molecular weight is 252 g/mol. The molecule has 0 aromatic carbocycles. The fourth-order valence-corrected chi connectivity index (χ4v) is 1.81. The van der Waals surface area contributed by atoms with Gasteiger partial charge in [0.1, 0.15) is 0 Å². The Morgan fingerprint density at radius 1 is 1.56 bits per heavy atom. The van der Waals surface area contributed by atoms with Crippen molar-refractivity contribution in [3.8, 4) is 0 Å². The van der Waals surface area contributed by atoms with Crippen LogP contribution in [0.15, 0.2) is 6.20 Å². The normalized spacial score (nSPS) is 12.4. The fourth-order valence-electron chi connectivity index (χ4n) is 1.81. The van der Waals surface area contributed by atoms with Crippen LogP contribution in [0.5, 0.6) is 0 Å². The van der Waals surface area contributed by atoms with E-state index in [1.165, 1.54) is 0 Å². The van der Waals surface area contributed by atoms with Crippen LogP contribution in [0, 0.1) is 12.8 Å². The summed E-state index contributed by atoms with van der Waals surface area (Å²) in [6.07, 6.45) is 4.25. The molecule has 0 aliphatic rings. The number of amides is 1. The second kappa shape index (κ2) is 7.16. The zero-order valence-corrected chi connectivity index (χ0v) is 11.6. The van der Waals surface area contributed by atoms with Gasteiger partial charge in [-0.05, 0) is 32.2 Å². The highest BCUT2D eigenvalue weighted by Gasteiger charge is 2.08. The van der Waals surface area contributed by atoms with Crippen molar-refractivity contribution in [2.75, 3.05) is 6.54 Å². The van der Waals surface area contributed by atoms with Crippen LogP contribution >= 0.6 is 0 Å². The summed E-state index contributed by atoms with van der Waals surface area (Å²) in [6.45, 7) is 5.38. The van der Waals surface area contributed by atoms with Crippen molar-refractivity contribution in [2.45, 2.75) is 39.7 Å². The summed E-state index contributed by atoms with van der Waals surface area (Å²) >= 11 is 0. The monoisotopic (exact) mass is 252 g/mol. The van der Waals surface area contributed by atoms with Gasteiger partial charge in [-0.2, -0.15) is 5.10 Å². The maximum atomic E-state index is 11.7. The Morgan fingerprint density at radius 2 is 2.28 bits per heavy atom. The van der Waals surface area contributed by atoms with Crippen LogP contribution < -0.4 is 11.1 Å². The molecular weight excluding hydrogens is 228 g/mol. The Labute approximate surface area is 109 Å². The number of aryl methyl sites for hydroxylation is 1. The van der Waals surface area contributed by atoms with Crippen molar-refractivity contribution in [2.24, 2.45) is 18.7 Å². The zero-order chi connectivity index (χ0) is 13.5. The lowest BCUT2D eigenvalue weighted by atomic mass is 10.0. The van der Waals surface area contributed by atoms with Crippen LogP contribution in [0.1, 0.15) is 37.4 Å². The molecule has 102 valence electrons. The van der Waals surface area contributed by atoms with Gasteiger partial charge in [0.15, 0.2) is 0 Å². The number of hydrogen-bond donors (Lipinski definition) is 2. The van der Waals surface area contributed by atoms with E-state index in [1.807, 2.05) is 18.7 Å². The molecule has 1 unspecified atom stereocenters. The molecule has 0 saturated heterocycles. The molecular formula is C13H24N4O. The van der Waals surface area contributed by atoms with Gasteiger partial charge in [0.05, 0.1) is 6.20 Å². The lowest BCUT2D eigenvalue weighted by Crippen LogP contribution is -2.23. The van der Waals surface area contributed by atoms with Crippen molar-refractivity contribution in [1.29, 1.82) is 0 Å². The smallest absolute Gasteiger partial charge is 0.220 e. The SMILES string of the molecule is Cc1c(CNC(=O)CCC(C)CCN)cnn1C. The van der Waals surface area contributed by atoms with Crippen molar-refractivity contribution >= 4 is 5.91 Å². The molecule has 1 aromatic rings. The first-order valence-electron chi connectivity index (χ1n) is 6.48. The van der Waals surface area contributed by atoms with Crippen molar-refractivity contribution < 1.29 is 4.79 Å². The molecule has 1 atom stereocenters. The highest BCUT2D eigenvalue weighted by Crippen LogP contribution is 2.09. The largest absolute Gasteiger partial charge is 0.352 e. The van der Waals surface area contributed by atoms with E-state index in [4.69, 9.17) is 5.73 Å².